The standard InChI is InChI=1S/C27H19N3O4S/c31-22-13-10-16(14-21(22)30(33)34)15-23-26(32)29-25(18-7-2-1-3-8-18)20-12-11-17-6-4-5-9-19(17)24(20)28-27(29)35-23/h1-10,13-15,25,31H,11-12H2/b23-15-/t25-/m0/s1. The van der Waals surface area contributed by atoms with E-state index < -0.39 is 16.4 Å². The molecule has 0 spiro atoms. The van der Waals surface area contributed by atoms with Crippen molar-refractivity contribution >= 4 is 28.8 Å². The maximum Gasteiger partial charge on any atom is 0.311 e. The zero-order valence-corrected chi connectivity index (χ0v) is 19.2. The number of nitro benzene ring substituents is 1. The van der Waals surface area contributed by atoms with Gasteiger partial charge in [0, 0.05) is 11.6 Å². The van der Waals surface area contributed by atoms with Crippen LogP contribution in [0.15, 0.2) is 88.2 Å². The molecule has 0 bridgehead atoms. The molecule has 1 aliphatic carbocycles. The molecule has 3 aromatic carbocycles. The van der Waals surface area contributed by atoms with Crippen LogP contribution in [0.5, 0.6) is 5.75 Å². The number of hydrogen-bond donors (Lipinski definition) is 1. The Kier molecular flexibility index (Phi) is 4.96. The van der Waals surface area contributed by atoms with Crippen molar-refractivity contribution in [3.05, 3.63) is 130 Å². The van der Waals surface area contributed by atoms with E-state index in [1.807, 2.05) is 42.5 Å². The van der Waals surface area contributed by atoms with Crippen molar-refractivity contribution in [2.45, 2.75) is 18.9 Å². The molecule has 35 heavy (non-hydrogen) atoms. The Hall–Kier alpha value is -4.30. The van der Waals surface area contributed by atoms with Crippen LogP contribution >= 0.6 is 11.3 Å². The molecule has 0 saturated heterocycles. The Morgan fingerprint density at radius 1 is 1.06 bits per heavy atom. The van der Waals surface area contributed by atoms with Gasteiger partial charge in [0.1, 0.15) is 0 Å². The van der Waals surface area contributed by atoms with Gasteiger partial charge in [-0.15, -0.1) is 0 Å². The molecule has 6 rings (SSSR count). The summed E-state index contributed by atoms with van der Waals surface area (Å²) in [7, 11) is 0. The van der Waals surface area contributed by atoms with Gasteiger partial charge in [0.25, 0.3) is 5.56 Å². The highest BCUT2D eigenvalue weighted by atomic mass is 32.1. The molecular formula is C27H19N3O4S. The number of aromatic nitrogens is 1. The van der Waals surface area contributed by atoms with Crippen LogP contribution in [0.2, 0.25) is 0 Å². The minimum atomic E-state index is -0.644. The molecule has 0 fully saturated rings. The van der Waals surface area contributed by atoms with Crippen molar-refractivity contribution in [2.75, 3.05) is 0 Å². The van der Waals surface area contributed by atoms with Gasteiger partial charge in [-0.25, -0.2) is 4.99 Å². The van der Waals surface area contributed by atoms with E-state index in [-0.39, 0.29) is 11.6 Å². The Morgan fingerprint density at radius 3 is 2.63 bits per heavy atom. The Balaban J connectivity index is 1.60. The maximum absolute atomic E-state index is 13.7. The summed E-state index contributed by atoms with van der Waals surface area (Å²) in [6, 6.07) is 22.0. The first-order valence-corrected chi connectivity index (χ1v) is 12.0. The smallest absolute Gasteiger partial charge is 0.311 e. The monoisotopic (exact) mass is 481 g/mol. The van der Waals surface area contributed by atoms with E-state index in [0.717, 1.165) is 35.2 Å². The molecule has 0 saturated carbocycles. The number of allylic oxidation sites excluding steroid dienone is 1. The van der Waals surface area contributed by atoms with Gasteiger partial charge < -0.3 is 5.11 Å². The summed E-state index contributed by atoms with van der Waals surface area (Å²) in [5.74, 6) is -0.413. The summed E-state index contributed by atoms with van der Waals surface area (Å²) in [5, 5.41) is 21.0. The second-order valence-electron chi connectivity index (χ2n) is 8.53. The Morgan fingerprint density at radius 2 is 1.83 bits per heavy atom. The Bertz CT molecular complexity index is 1720. The number of rotatable bonds is 3. The number of phenolic OH excluding ortho intramolecular Hbond substituents is 1. The molecule has 0 unspecified atom stereocenters. The predicted octanol–water partition coefficient (Wildman–Crippen LogP) is 3.93. The molecule has 1 atom stereocenters. The lowest BCUT2D eigenvalue weighted by Gasteiger charge is -2.30. The minimum Gasteiger partial charge on any atom is -0.502 e. The maximum atomic E-state index is 13.7. The molecule has 1 aromatic heterocycles. The highest BCUT2D eigenvalue weighted by molar-refractivity contribution is 7.07. The van der Waals surface area contributed by atoms with Gasteiger partial charge in [-0.1, -0.05) is 72.0 Å². The number of fused-ring (bicyclic) bond motifs is 3. The molecule has 2 aliphatic rings. The van der Waals surface area contributed by atoms with E-state index in [1.54, 1.807) is 16.7 Å². The minimum absolute atomic E-state index is 0.191. The molecule has 7 nitrogen and oxygen atoms in total. The molecule has 2 heterocycles. The first-order chi connectivity index (χ1) is 17.0. The number of aryl methyl sites for hydroxylation is 1. The number of nitrogens with zero attached hydrogens (tertiary/aromatic N) is 3. The lowest BCUT2D eigenvalue weighted by molar-refractivity contribution is -0.385. The summed E-state index contributed by atoms with van der Waals surface area (Å²) < 4.78 is 2.17. The molecule has 172 valence electrons. The van der Waals surface area contributed by atoms with Gasteiger partial charge in [-0.05, 0) is 47.2 Å². The second kappa shape index (κ2) is 8.18. The van der Waals surface area contributed by atoms with E-state index in [4.69, 9.17) is 4.99 Å². The van der Waals surface area contributed by atoms with Gasteiger partial charge in [0.2, 0.25) is 0 Å². The summed E-state index contributed by atoms with van der Waals surface area (Å²) >= 11 is 1.27. The topological polar surface area (TPSA) is 97.7 Å². The first-order valence-electron chi connectivity index (χ1n) is 11.2. The fraction of sp³-hybridized carbons (Fsp3) is 0.111. The average Bonchev–Trinajstić information content (AvgIpc) is 3.18. The third-order valence-corrected chi connectivity index (χ3v) is 7.47. The van der Waals surface area contributed by atoms with E-state index >= 15 is 0 Å². The zero-order valence-electron chi connectivity index (χ0n) is 18.4. The van der Waals surface area contributed by atoms with Gasteiger partial charge in [-0.2, -0.15) is 0 Å². The van der Waals surface area contributed by atoms with Gasteiger partial charge in [0.05, 0.1) is 21.2 Å². The largest absolute Gasteiger partial charge is 0.502 e. The van der Waals surface area contributed by atoms with Crippen LogP contribution in [-0.2, 0) is 6.42 Å². The van der Waals surface area contributed by atoms with Crippen molar-refractivity contribution in [2.24, 2.45) is 4.99 Å². The number of benzene rings is 3. The molecule has 1 aliphatic heterocycles. The highest BCUT2D eigenvalue weighted by Crippen LogP contribution is 2.41. The normalized spacial score (nSPS) is 16.8. The summed E-state index contributed by atoms with van der Waals surface area (Å²) in [5.41, 5.74) is 5.28. The van der Waals surface area contributed by atoms with E-state index in [2.05, 4.69) is 12.1 Å². The summed E-state index contributed by atoms with van der Waals surface area (Å²) in [6.45, 7) is 0. The quantitative estimate of drug-likeness (QED) is 0.354. The van der Waals surface area contributed by atoms with Crippen LogP contribution in [0.4, 0.5) is 5.69 Å². The molecular weight excluding hydrogens is 462 g/mol. The predicted molar refractivity (Wildman–Crippen MR) is 134 cm³/mol. The van der Waals surface area contributed by atoms with Crippen molar-refractivity contribution in [3.63, 3.8) is 0 Å². The Labute approximate surface area is 203 Å². The fourth-order valence-electron chi connectivity index (χ4n) is 4.89. The van der Waals surface area contributed by atoms with Crippen LogP contribution in [0.25, 0.3) is 11.8 Å². The van der Waals surface area contributed by atoms with E-state index in [0.29, 0.717) is 14.9 Å². The highest BCUT2D eigenvalue weighted by Gasteiger charge is 2.32. The third kappa shape index (κ3) is 3.50. The number of thiazole rings is 1. The lowest BCUT2D eigenvalue weighted by Crippen LogP contribution is -2.38. The van der Waals surface area contributed by atoms with Gasteiger partial charge >= 0.3 is 5.69 Å². The molecule has 4 aromatic rings. The van der Waals surface area contributed by atoms with Crippen molar-refractivity contribution < 1.29 is 10.0 Å². The molecule has 1 N–H and O–H groups in total. The summed E-state index contributed by atoms with van der Waals surface area (Å²) in [6.07, 6.45) is 3.31. The number of hydrogen-bond acceptors (Lipinski definition) is 6. The van der Waals surface area contributed by atoms with Crippen molar-refractivity contribution in [1.29, 1.82) is 0 Å². The van der Waals surface area contributed by atoms with E-state index in [1.165, 1.54) is 29.0 Å². The van der Waals surface area contributed by atoms with Crippen LogP contribution in [0.3, 0.4) is 0 Å². The van der Waals surface area contributed by atoms with E-state index in [9.17, 15) is 20.0 Å². The van der Waals surface area contributed by atoms with Crippen LogP contribution in [0.1, 0.15) is 34.7 Å². The summed E-state index contributed by atoms with van der Waals surface area (Å²) in [4.78, 5) is 29.8. The lowest BCUT2D eigenvalue weighted by atomic mass is 9.83. The third-order valence-electron chi connectivity index (χ3n) is 6.48. The zero-order chi connectivity index (χ0) is 24.1. The number of nitro groups is 1. The van der Waals surface area contributed by atoms with Crippen molar-refractivity contribution in [3.8, 4) is 5.75 Å². The van der Waals surface area contributed by atoms with Gasteiger partial charge in [-0.3, -0.25) is 19.5 Å². The van der Waals surface area contributed by atoms with Crippen LogP contribution in [0, 0.1) is 10.1 Å². The SMILES string of the molecule is O=c1/c(=C/c2ccc(O)c([N+](=O)[O-])c2)sc2n1[C@@H](c1ccccc1)C1=C(N=2)c2ccccc2CC1. The first kappa shape index (κ1) is 21.2. The molecule has 0 amide bonds. The fourth-order valence-corrected chi connectivity index (χ4v) is 5.89. The average molecular weight is 482 g/mol. The van der Waals surface area contributed by atoms with Crippen LogP contribution < -0.4 is 14.9 Å². The van der Waals surface area contributed by atoms with Crippen molar-refractivity contribution in [1.82, 2.24) is 4.57 Å². The second-order valence-corrected chi connectivity index (χ2v) is 9.54. The van der Waals surface area contributed by atoms with Crippen LogP contribution in [-0.4, -0.2) is 14.6 Å². The number of phenols is 1. The number of aromatic hydroxyl groups is 1. The molecule has 8 heteroatoms. The van der Waals surface area contributed by atoms with Gasteiger partial charge in [0.15, 0.2) is 10.6 Å². The molecule has 0 radical (unpaired) electrons.